The SMILES string of the molecule is N#Cc1cccc(C2=CC(n3c4ccccc4c4ccccc43)CC=C2)c1-n1c2c(c3c4c(ccc31)oc1ccccc14)C=CCC2. The van der Waals surface area contributed by atoms with E-state index in [-0.39, 0.29) is 6.04 Å². The molecule has 0 saturated heterocycles. The number of rotatable bonds is 3. The van der Waals surface area contributed by atoms with Crippen molar-refractivity contribution < 1.29 is 4.42 Å². The molecule has 47 heavy (non-hydrogen) atoms. The van der Waals surface area contributed by atoms with Crippen LogP contribution < -0.4 is 0 Å². The van der Waals surface area contributed by atoms with Crippen molar-refractivity contribution in [2.45, 2.75) is 25.3 Å². The lowest BCUT2D eigenvalue weighted by Crippen LogP contribution is -2.11. The minimum atomic E-state index is 0.133. The van der Waals surface area contributed by atoms with E-state index < -0.39 is 0 Å². The molecule has 0 N–H and O–H groups in total. The van der Waals surface area contributed by atoms with Crippen molar-refractivity contribution in [3.8, 4) is 11.8 Å². The molecular formula is C43H29N3O. The molecule has 0 bridgehead atoms. The van der Waals surface area contributed by atoms with E-state index in [0.29, 0.717) is 5.56 Å². The zero-order valence-electron chi connectivity index (χ0n) is 25.7. The number of fused-ring (bicyclic) bond motifs is 10. The zero-order chi connectivity index (χ0) is 31.1. The maximum absolute atomic E-state index is 10.6. The Hall–Kier alpha value is -6.05. The number of benzene rings is 5. The van der Waals surface area contributed by atoms with E-state index in [0.717, 1.165) is 63.5 Å². The largest absolute Gasteiger partial charge is 0.456 e. The van der Waals surface area contributed by atoms with Gasteiger partial charge >= 0.3 is 0 Å². The first-order valence-electron chi connectivity index (χ1n) is 16.3. The maximum atomic E-state index is 10.6. The van der Waals surface area contributed by atoms with Gasteiger partial charge in [-0.1, -0.05) is 97.1 Å². The zero-order valence-corrected chi connectivity index (χ0v) is 25.7. The number of hydrogen-bond donors (Lipinski definition) is 0. The highest BCUT2D eigenvalue weighted by molar-refractivity contribution is 6.21. The van der Waals surface area contributed by atoms with Crippen LogP contribution in [0.1, 0.15) is 41.3 Å². The molecule has 3 heterocycles. The number of nitrogens with zero attached hydrogens (tertiary/aromatic N) is 3. The molecule has 0 fully saturated rings. The van der Waals surface area contributed by atoms with Gasteiger partial charge in [-0.05, 0) is 61.2 Å². The monoisotopic (exact) mass is 603 g/mol. The van der Waals surface area contributed by atoms with Crippen molar-refractivity contribution >= 4 is 66.3 Å². The van der Waals surface area contributed by atoms with Crippen molar-refractivity contribution in [3.05, 3.63) is 150 Å². The molecule has 4 nitrogen and oxygen atoms in total. The number of allylic oxidation sites excluding steroid dienone is 5. The normalized spacial score (nSPS) is 16.0. The van der Waals surface area contributed by atoms with Crippen molar-refractivity contribution in [3.63, 3.8) is 0 Å². The summed E-state index contributed by atoms with van der Waals surface area (Å²) >= 11 is 0. The molecule has 0 aliphatic heterocycles. The van der Waals surface area contributed by atoms with Crippen LogP contribution in [0.5, 0.6) is 0 Å². The molecule has 4 heteroatoms. The molecule has 1 atom stereocenters. The molecule has 2 aliphatic rings. The Bertz CT molecular complexity index is 2680. The van der Waals surface area contributed by atoms with Crippen molar-refractivity contribution in [2.24, 2.45) is 0 Å². The van der Waals surface area contributed by atoms with Gasteiger partial charge in [-0.15, -0.1) is 0 Å². The van der Waals surface area contributed by atoms with Crippen molar-refractivity contribution in [1.82, 2.24) is 9.13 Å². The summed E-state index contributed by atoms with van der Waals surface area (Å²) in [6.07, 6.45) is 14.2. The Morgan fingerprint density at radius 2 is 1.45 bits per heavy atom. The highest BCUT2D eigenvalue weighted by atomic mass is 16.3. The summed E-state index contributed by atoms with van der Waals surface area (Å²) in [6, 6.07) is 38.8. The van der Waals surface area contributed by atoms with Crippen LogP contribution in [0.4, 0.5) is 0 Å². The third kappa shape index (κ3) is 3.69. The van der Waals surface area contributed by atoms with Crippen LogP contribution in [0.15, 0.2) is 132 Å². The predicted molar refractivity (Wildman–Crippen MR) is 193 cm³/mol. The maximum Gasteiger partial charge on any atom is 0.136 e. The minimum Gasteiger partial charge on any atom is -0.456 e. The molecule has 0 radical (unpaired) electrons. The van der Waals surface area contributed by atoms with Gasteiger partial charge in [0.1, 0.15) is 17.2 Å². The van der Waals surface area contributed by atoms with Gasteiger partial charge in [-0.3, -0.25) is 0 Å². The second kappa shape index (κ2) is 9.97. The molecule has 8 aromatic rings. The van der Waals surface area contributed by atoms with E-state index in [1.165, 1.54) is 38.4 Å². The van der Waals surface area contributed by atoms with Gasteiger partial charge in [0, 0.05) is 54.8 Å². The van der Waals surface area contributed by atoms with E-state index in [9.17, 15) is 5.26 Å². The van der Waals surface area contributed by atoms with Crippen LogP contribution in [0.25, 0.3) is 72.0 Å². The van der Waals surface area contributed by atoms with E-state index in [1.54, 1.807) is 0 Å². The fourth-order valence-electron chi connectivity index (χ4n) is 8.22. The van der Waals surface area contributed by atoms with Crippen molar-refractivity contribution in [2.75, 3.05) is 0 Å². The van der Waals surface area contributed by atoms with Crippen LogP contribution in [-0.2, 0) is 6.42 Å². The summed E-state index contributed by atoms with van der Waals surface area (Å²) in [5.41, 5.74) is 11.6. The Morgan fingerprint density at radius 1 is 0.681 bits per heavy atom. The number of nitriles is 1. The molecule has 0 amide bonds. The lowest BCUT2D eigenvalue weighted by molar-refractivity contribution is 0.650. The molecular weight excluding hydrogens is 574 g/mol. The topological polar surface area (TPSA) is 46.8 Å². The molecule has 3 aromatic heterocycles. The lowest BCUT2D eigenvalue weighted by atomic mass is 9.93. The Morgan fingerprint density at radius 3 is 2.26 bits per heavy atom. The van der Waals surface area contributed by atoms with Gasteiger partial charge < -0.3 is 13.6 Å². The second-order valence-corrected chi connectivity index (χ2v) is 12.6. The highest BCUT2D eigenvalue weighted by Crippen LogP contribution is 2.44. The average molecular weight is 604 g/mol. The Balaban J connectivity index is 1.24. The number of para-hydroxylation sites is 4. The van der Waals surface area contributed by atoms with Gasteiger partial charge in [0.15, 0.2) is 0 Å². The van der Waals surface area contributed by atoms with E-state index in [2.05, 4.69) is 124 Å². The fraction of sp³-hybridized carbons (Fsp3) is 0.0930. The van der Waals surface area contributed by atoms with Gasteiger partial charge in [-0.25, -0.2) is 0 Å². The van der Waals surface area contributed by atoms with E-state index in [4.69, 9.17) is 4.42 Å². The molecule has 0 spiro atoms. The first-order valence-corrected chi connectivity index (χ1v) is 16.3. The Labute approximate surface area is 271 Å². The first-order chi connectivity index (χ1) is 23.3. The van der Waals surface area contributed by atoms with E-state index in [1.807, 2.05) is 24.3 Å². The first kappa shape index (κ1) is 26.2. The third-order valence-corrected chi connectivity index (χ3v) is 10.1. The molecule has 222 valence electrons. The third-order valence-electron chi connectivity index (χ3n) is 10.1. The van der Waals surface area contributed by atoms with Crippen LogP contribution in [-0.4, -0.2) is 9.13 Å². The minimum absolute atomic E-state index is 0.133. The van der Waals surface area contributed by atoms with Crippen LogP contribution in [0, 0.1) is 11.3 Å². The van der Waals surface area contributed by atoms with Gasteiger partial charge in [0.05, 0.1) is 22.8 Å². The lowest BCUT2D eigenvalue weighted by Gasteiger charge is -2.24. The number of furan rings is 1. The second-order valence-electron chi connectivity index (χ2n) is 12.6. The summed E-state index contributed by atoms with van der Waals surface area (Å²) in [4.78, 5) is 0. The summed E-state index contributed by atoms with van der Waals surface area (Å²) in [5.74, 6) is 0. The number of hydrogen-bond acceptors (Lipinski definition) is 2. The van der Waals surface area contributed by atoms with E-state index >= 15 is 0 Å². The quantitative estimate of drug-likeness (QED) is 0.202. The van der Waals surface area contributed by atoms with Gasteiger partial charge in [0.2, 0.25) is 0 Å². The predicted octanol–water partition coefficient (Wildman–Crippen LogP) is 11.1. The van der Waals surface area contributed by atoms with Crippen molar-refractivity contribution in [1.29, 1.82) is 5.26 Å². The summed E-state index contributed by atoms with van der Waals surface area (Å²) in [6.45, 7) is 0. The summed E-state index contributed by atoms with van der Waals surface area (Å²) in [5, 5.41) is 16.6. The standard InChI is InChI=1S/C43H29N3O/c44-26-28-12-10-18-30(27-11-9-13-29(25-27)45-35-19-5-1-14-31(35)32-15-2-6-20-36(32)45)43(28)46-37-21-7-3-16-33(37)41-38(46)23-24-40-42(41)34-17-4-8-22-39(34)47-40/h1-6,8-12,14-20,22-25,29H,7,13,21H2. The van der Waals surface area contributed by atoms with Gasteiger partial charge in [-0.2, -0.15) is 5.26 Å². The molecule has 2 aliphatic carbocycles. The highest BCUT2D eigenvalue weighted by Gasteiger charge is 2.27. The van der Waals surface area contributed by atoms with Crippen LogP contribution in [0.3, 0.4) is 0 Å². The number of aromatic nitrogens is 2. The molecule has 0 saturated carbocycles. The molecule has 5 aromatic carbocycles. The van der Waals surface area contributed by atoms with Crippen LogP contribution in [0.2, 0.25) is 0 Å². The van der Waals surface area contributed by atoms with Crippen LogP contribution >= 0.6 is 0 Å². The molecule has 10 rings (SSSR count). The molecule has 1 unspecified atom stereocenters. The fourth-order valence-corrected chi connectivity index (χ4v) is 8.22. The summed E-state index contributed by atoms with van der Waals surface area (Å²) < 4.78 is 11.2. The van der Waals surface area contributed by atoms with Gasteiger partial charge in [0.25, 0.3) is 0 Å². The summed E-state index contributed by atoms with van der Waals surface area (Å²) in [7, 11) is 0. The average Bonchev–Trinajstić information content (AvgIpc) is 3.79. The smallest absolute Gasteiger partial charge is 0.136 e. The Kier molecular flexibility index (Phi) is 5.56.